The number of rotatable bonds is 42. The summed E-state index contributed by atoms with van der Waals surface area (Å²) in [5, 5.41) is 30.5. The van der Waals surface area contributed by atoms with Crippen molar-refractivity contribution < 1.29 is 57.4 Å². The summed E-state index contributed by atoms with van der Waals surface area (Å²) in [6, 6.07) is 0. The fourth-order valence-corrected chi connectivity index (χ4v) is 6.90. The highest BCUT2D eigenvalue weighted by atomic mass is 31.2. The molecule has 1 unspecified atom stereocenters. The number of esters is 2. The molecule has 364 valence electrons. The standard InChI is InChI=1S/C50H88NO11P/c1-6-8-10-11-12-13-14-15-16-17-18-19-20-21-22-23-24-29-33-39-50(56)62-46(44-61-63(57,58)60-42-41-51(3,4)5)43-59-49(55)40-34-38-48(54)47(53)37-32-28-26-25-27-31-36-45(52)35-30-9-7-2/h9,15-16,25-28,30-32,36-37,45-48,52-54H,6-8,10-14,17-24,29,33-35,38-44H2,1-5H3/b16-15-,27-25+,28-26-,30-9-,36-31+,37-32-/t45-,46-,47+,48+/m1/s1. The summed E-state index contributed by atoms with van der Waals surface area (Å²) in [4.78, 5) is 37.7. The number of likely N-dealkylation sites (N-methyl/N-ethyl adjacent to an activating group) is 1. The zero-order valence-corrected chi connectivity index (χ0v) is 40.7. The molecule has 0 spiro atoms. The maximum Gasteiger partial charge on any atom is 0.306 e. The molecule has 0 aliphatic carbocycles. The van der Waals surface area contributed by atoms with Gasteiger partial charge in [0.15, 0.2) is 6.10 Å². The lowest BCUT2D eigenvalue weighted by Gasteiger charge is -2.28. The first-order chi connectivity index (χ1) is 30.2. The molecule has 3 N–H and O–H groups in total. The van der Waals surface area contributed by atoms with Crippen molar-refractivity contribution in [1.29, 1.82) is 0 Å². The molecule has 0 bridgehead atoms. The van der Waals surface area contributed by atoms with E-state index in [1.54, 1.807) is 42.5 Å². The second-order valence-electron chi connectivity index (χ2n) is 17.3. The van der Waals surface area contributed by atoms with Gasteiger partial charge in [-0.25, -0.2) is 0 Å². The number of carbonyl (C=O) groups is 2. The summed E-state index contributed by atoms with van der Waals surface area (Å²) in [7, 11) is 0.965. The van der Waals surface area contributed by atoms with E-state index < -0.39 is 57.4 Å². The summed E-state index contributed by atoms with van der Waals surface area (Å²) in [6.07, 6.45) is 40.2. The third-order valence-corrected chi connectivity index (χ3v) is 11.0. The van der Waals surface area contributed by atoms with Gasteiger partial charge in [-0.2, -0.15) is 0 Å². The van der Waals surface area contributed by atoms with Gasteiger partial charge in [0.25, 0.3) is 7.82 Å². The van der Waals surface area contributed by atoms with Gasteiger partial charge in [0, 0.05) is 12.8 Å². The Balaban J connectivity index is 4.61. The number of ether oxygens (including phenoxy) is 2. The molecule has 0 aliphatic rings. The highest BCUT2D eigenvalue weighted by molar-refractivity contribution is 7.45. The topological polar surface area (TPSA) is 172 Å². The molecule has 0 heterocycles. The number of hydrogen-bond acceptors (Lipinski definition) is 11. The normalized spacial score (nSPS) is 15.6. The molecular weight excluding hydrogens is 822 g/mol. The van der Waals surface area contributed by atoms with Crippen LogP contribution in [-0.2, 0) is 32.7 Å². The lowest BCUT2D eigenvalue weighted by atomic mass is 10.1. The molecule has 0 radical (unpaired) electrons. The number of hydrogen-bond donors (Lipinski definition) is 3. The van der Waals surface area contributed by atoms with Gasteiger partial charge >= 0.3 is 11.9 Å². The van der Waals surface area contributed by atoms with Crippen LogP contribution >= 0.6 is 7.82 Å². The Hall–Kier alpha value is -2.67. The molecule has 0 saturated carbocycles. The second kappa shape index (κ2) is 40.8. The smallest absolute Gasteiger partial charge is 0.306 e. The Morgan fingerprint density at radius 2 is 1.17 bits per heavy atom. The Morgan fingerprint density at radius 1 is 0.635 bits per heavy atom. The van der Waals surface area contributed by atoms with Gasteiger partial charge < -0.3 is 43.2 Å². The summed E-state index contributed by atoms with van der Waals surface area (Å²) >= 11 is 0. The predicted octanol–water partition coefficient (Wildman–Crippen LogP) is 10.1. The maximum atomic E-state index is 12.7. The van der Waals surface area contributed by atoms with Gasteiger partial charge in [0.2, 0.25) is 0 Å². The first-order valence-electron chi connectivity index (χ1n) is 24.0. The summed E-state index contributed by atoms with van der Waals surface area (Å²) in [5.41, 5.74) is 0. The SMILES string of the molecule is CC/C=C\C[C@@H](O)/C=C/C=C/C=C\C=C/[C@H](O)[C@@H](O)CCCC(=O)OC[C@H](COP(=O)([O-])OCC[N+](C)(C)C)OC(=O)CCCCCCCCCCC/C=C\CCCCCCCC. The van der Waals surface area contributed by atoms with Crippen LogP contribution in [0.3, 0.4) is 0 Å². The van der Waals surface area contributed by atoms with Crippen LogP contribution in [0, 0.1) is 0 Å². The molecule has 0 aromatic carbocycles. The zero-order chi connectivity index (χ0) is 46.9. The van der Waals surface area contributed by atoms with Crippen molar-refractivity contribution in [2.45, 2.75) is 186 Å². The maximum absolute atomic E-state index is 12.7. The minimum atomic E-state index is -4.72. The molecule has 0 saturated heterocycles. The van der Waals surface area contributed by atoms with E-state index >= 15 is 0 Å². The predicted molar refractivity (Wildman–Crippen MR) is 254 cm³/mol. The summed E-state index contributed by atoms with van der Waals surface area (Å²) < 4.78 is 33.7. The van der Waals surface area contributed by atoms with Crippen molar-refractivity contribution in [2.24, 2.45) is 0 Å². The molecule has 0 aliphatic heterocycles. The van der Waals surface area contributed by atoms with Gasteiger partial charge in [-0.05, 0) is 57.8 Å². The van der Waals surface area contributed by atoms with Gasteiger partial charge in [-0.3, -0.25) is 14.2 Å². The van der Waals surface area contributed by atoms with E-state index in [1.807, 2.05) is 40.2 Å². The number of aliphatic hydroxyl groups is 3. The molecule has 63 heavy (non-hydrogen) atoms. The third kappa shape index (κ3) is 43.0. The number of aliphatic hydroxyl groups excluding tert-OH is 3. The van der Waals surface area contributed by atoms with Gasteiger partial charge in [0.1, 0.15) is 19.8 Å². The highest BCUT2D eigenvalue weighted by Crippen LogP contribution is 2.38. The Labute approximate surface area is 382 Å². The monoisotopic (exact) mass is 910 g/mol. The number of phosphoric acid groups is 1. The van der Waals surface area contributed by atoms with E-state index in [1.165, 1.54) is 89.5 Å². The molecule has 13 heteroatoms. The van der Waals surface area contributed by atoms with Crippen molar-refractivity contribution >= 4 is 19.8 Å². The molecular formula is C50H88NO11P. The first kappa shape index (κ1) is 60.3. The number of allylic oxidation sites excluding steroid dienone is 9. The van der Waals surface area contributed by atoms with Crippen molar-refractivity contribution in [2.75, 3.05) is 47.5 Å². The van der Waals surface area contributed by atoms with Gasteiger partial charge in [-0.15, -0.1) is 0 Å². The summed E-state index contributed by atoms with van der Waals surface area (Å²) in [6.45, 7) is 3.63. The largest absolute Gasteiger partial charge is 0.756 e. The van der Waals surface area contributed by atoms with Crippen LogP contribution < -0.4 is 4.89 Å². The van der Waals surface area contributed by atoms with Crippen molar-refractivity contribution in [1.82, 2.24) is 0 Å². The van der Waals surface area contributed by atoms with Crippen LogP contribution in [-0.4, -0.2) is 104 Å². The molecule has 0 aromatic rings. The second-order valence-corrected chi connectivity index (χ2v) is 18.7. The lowest BCUT2D eigenvalue weighted by Crippen LogP contribution is -2.37. The molecule has 0 fully saturated rings. The van der Waals surface area contributed by atoms with Crippen LogP contribution in [0.4, 0.5) is 0 Å². The Bertz CT molecular complexity index is 1350. The lowest BCUT2D eigenvalue weighted by molar-refractivity contribution is -0.870. The Kier molecular flexibility index (Phi) is 39.1. The van der Waals surface area contributed by atoms with Gasteiger partial charge in [-0.1, -0.05) is 164 Å². The highest BCUT2D eigenvalue weighted by Gasteiger charge is 2.22. The number of unbranched alkanes of at least 4 members (excludes halogenated alkanes) is 15. The fourth-order valence-electron chi connectivity index (χ4n) is 6.17. The number of nitrogens with zero attached hydrogens (tertiary/aromatic N) is 1. The minimum absolute atomic E-state index is 0.0816. The third-order valence-electron chi connectivity index (χ3n) is 10.1. The van der Waals surface area contributed by atoms with Crippen LogP contribution in [0.1, 0.15) is 162 Å². The van der Waals surface area contributed by atoms with Crippen molar-refractivity contribution in [3.63, 3.8) is 0 Å². The number of carbonyl (C=O) groups excluding carboxylic acids is 2. The molecule has 5 atom stereocenters. The van der Waals surface area contributed by atoms with Crippen molar-refractivity contribution in [3.05, 3.63) is 72.9 Å². The van der Waals surface area contributed by atoms with E-state index in [-0.39, 0.29) is 32.3 Å². The minimum Gasteiger partial charge on any atom is -0.756 e. The van der Waals surface area contributed by atoms with Crippen molar-refractivity contribution in [3.8, 4) is 0 Å². The van der Waals surface area contributed by atoms with E-state index in [4.69, 9.17) is 18.5 Å². The van der Waals surface area contributed by atoms with E-state index in [2.05, 4.69) is 19.1 Å². The Morgan fingerprint density at radius 3 is 1.76 bits per heavy atom. The van der Waals surface area contributed by atoms with Gasteiger partial charge in [0.05, 0.1) is 46.1 Å². The summed E-state index contributed by atoms with van der Waals surface area (Å²) in [5.74, 6) is -1.17. The van der Waals surface area contributed by atoms with E-state index in [9.17, 15) is 34.4 Å². The number of quaternary nitrogens is 1. The molecule has 0 amide bonds. The van der Waals surface area contributed by atoms with Crippen LogP contribution in [0.5, 0.6) is 0 Å². The van der Waals surface area contributed by atoms with E-state index in [0.29, 0.717) is 23.9 Å². The average molecular weight is 910 g/mol. The quantitative estimate of drug-likeness (QED) is 0.0133. The molecule has 0 aromatic heterocycles. The molecule has 12 nitrogen and oxygen atoms in total. The average Bonchev–Trinajstić information content (AvgIpc) is 3.23. The first-order valence-corrected chi connectivity index (χ1v) is 25.4. The van der Waals surface area contributed by atoms with Crippen LogP contribution in [0.2, 0.25) is 0 Å². The van der Waals surface area contributed by atoms with Crippen LogP contribution in [0.15, 0.2) is 72.9 Å². The zero-order valence-electron chi connectivity index (χ0n) is 39.8. The molecule has 0 rings (SSSR count). The van der Waals surface area contributed by atoms with E-state index in [0.717, 1.165) is 25.7 Å². The number of phosphoric ester groups is 1. The fraction of sp³-hybridized carbons (Fsp3) is 0.720. The van der Waals surface area contributed by atoms with Crippen LogP contribution in [0.25, 0.3) is 0 Å².